The second-order valence-corrected chi connectivity index (χ2v) is 10.9. The van der Waals surface area contributed by atoms with Gasteiger partial charge in [0.15, 0.2) is 0 Å². The van der Waals surface area contributed by atoms with E-state index in [0.717, 1.165) is 38.9 Å². The maximum atomic E-state index is 13.0. The van der Waals surface area contributed by atoms with Crippen LogP contribution in [0.5, 0.6) is 0 Å². The number of aromatic amines is 1. The highest BCUT2D eigenvalue weighted by Crippen LogP contribution is 2.32. The molecule has 10 heteroatoms. The van der Waals surface area contributed by atoms with Gasteiger partial charge in [-0.1, -0.05) is 6.42 Å². The van der Waals surface area contributed by atoms with Gasteiger partial charge in [-0.25, -0.2) is 8.42 Å². The zero-order valence-electron chi connectivity index (χ0n) is 14.2. The molecule has 3 heterocycles. The first-order chi connectivity index (χ1) is 12.9. The Balaban J connectivity index is 1.58. The van der Waals surface area contributed by atoms with E-state index < -0.39 is 16.1 Å². The third-order valence-electron chi connectivity index (χ3n) is 4.58. The summed E-state index contributed by atoms with van der Waals surface area (Å²) in [6.45, 7) is 0.343. The van der Waals surface area contributed by atoms with Crippen LogP contribution in [0.3, 0.4) is 0 Å². The Morgan fingerprint density at radius 2 is 2.15 bits per heavy atom. The van der Waals surface area contributed by atoms with Gasteiger partial charge in [-0.2, -0.15) is 9.40 Å². The lowest BCUT2D eigenvalue weighted by Gasteiger charge is -2.33. The van der Waals surface area contributed by atoms with Crippen molar-refractivity contribution in [3.63, 3.8) is 0 Å². The number of aromatic nitrogens is 2. The van der Waals surface area contributed by atoms with E-state index in [0.29, 0.717) is 18.7 Å². The average molecular weight is 469 g/mol. The van der Waals surface area contributed by atoms with Gasteiger partial charge in [0.05, 0.1) is 15.5 Å². The molecule has 0 saturated carbocycles. The molecule has 27 heavy (non-hydrogen) atoms. The number of nitrogens with zero attached hydrogens (tertiary/aromatic N) is 2. The Hall–Kier alpha value is -1.75. The first-order valence-corrected chi connectivity index (χ1v) is 11.5. The summed E-state index contributed by atoms with van der Waals surface area (Å²) < 4.78 is 28.4. The minimum atomic E-state index is -3.71. The van der Waals surface area contributed by atoms with Crippen LogP contribution in [0.1, 0.15) is 19.3 Å². The number of hydrogen-bond acceptors (Lipinski definition) is 5. The number of amides is 1. The fraction of sp³-hybridized carbons (Fsp3) is 0.294. The van der Waals surface area contributed by atoms with Gasteiger partial charge < -0.3 is 5.32 Å². The molecule has 1 unspecified atom stereocenters. The highest BCUT2D eigenvalue weighted by atomic mass is 79.9. The molecule has 4 rings (SSSR count). The molecule has 0 radical (unpaired) electrons. The van der Waals surface area contributed by atoms with Crippen molar-refractivity contribution >= 4 is 59.8 Å². The third kappa shape index (κ3) is 3.66. The summed E-state index contributed by atoms with van der Waals surface area (Å²) >= 11 is 4.45. The monoisotopic (exact) mass is 468 g/mol. The smallest absolute Gasteiger partial charge is 0.253 e. The molecule has 0 aliphatic carbocycles. The molecule has 2 aromatic heterocycles. The first-order valence-electron chi connectivity index (χ1n) is 8.46. The summed E-state index contributed by atoms with van der Waals surface area (Å²) in [6.07, 6.45) is 3.77. The molecule has 1 aliphatic heterocycles. The summed E-state index contributed by atoms with van der Waals surface area (Å²) in [7, 11) is -3.71. The summed E-state index contributed by atoms with van der Waals surface area (Å²) in [5.74, 6) is -0.312. The first kappa shape index (κ1) is 18.6. The predicted molar refractivity (Wildman–Crippen MR) is 108 cm³/mol. The molecular weight excluding hydrogens is 452 g/mol. The van der Waals surface area contributed by atoms with Crippen LogP contribution >= 0.6 is 27.3 Å². The van der Waals surface area contributed by atoms with Gasteiger partial charge in [0.25, 0.3) is 10.0 Å². The summed E-state index contributed by atoms with van der Waals surface area (Å²) in [5.41, 5.74) is 1.42. The van der Waals surface area contributed by atoms with Crippen molar-refractivity contribution in [2.75, 3.05) is 11.9 Å². The number of sulfonamides is 1. The maximum Gasteiger partial charge on any atom is 0.253 e. The topological polar surface area (TPSA) is 95.2 Å². The van der Waals surface area contributed by atoms with E-state index in [1.54, 1.807) is 30.5 Å². The Bertz CT molecular complexity index is 1090. The molecule has 1 aliphatic rings. The van der Waals surface area contributed by atoms with Crippen LogP contribution in [0.15, 0.2) is 44.5 Å². The zero-order chi connectivity index (χ0) is 19.0. The predicted octanol–water partition coefficient (Wildman–Crippen LogP) is 3.57. The number of hydrogen-bond donors (Lipinski definition) is 2. The van der Waals surface area contributed by atoms with Crippen molar-refractivity contribution in [2.45, 2.75) is 29.5 Å². The van der Waals surface area contributed by atoms with E-state index in [1.165, 1.54) is 4.31 Å². The van der Waals surface area contributed by atoms with Crippen molar-refractivity contribution in [3.05, 3.63) is 40.3 Å². The van der Waals surface area contributed by atoms with Crippen LogP contribution in [-0.4, -0.2) is 41.4 Å². The van der Waals surface area contributed by atoms with Crippen LogP contribution in [0, 0.1) is 0 Å². The molecule has 1 atom stereocenters. The van der Waals surface area contributed by atoms with Crippen LogP contribution in [0.2, 0.25) is 0 Å². The number of thiophene rings is 1. The standard InChI is InChI=1S/C17H17BrN4O3S2/c18-15-6-7-16(26-15)27(24,25)22-8-2-1-3-14(22)17(23)20-12-5-4-11-10-19-21-13(11)9-12/h4-7,9-10,14H,1-3,8H2,(H,19,21)(H,20,23). The molecule has 1 aromatic carbocycles. The Labute approximate surface area is 168 Å². The second kappa shape index (κ2) is 7.34. The quantitative estimate of drug-likeness (QED) is 0.611. The number of carbonyl (C=O) groups is 1. The lowest BCUT2D eigenvalue weighted by molar-refractivity contribution is -0.120. The third-order valence-corrected chi connectivity index (χ3v) is 8.58. The second-order valence-electron chi connectivity index (χ2n) is 6.35. The highest BCUT2D eigenvalue weighted by molar-refractivity contribution is 9.11. The Kier molecular flexibility index (Phi) is 5.06. The molecule has 142 valence electrons. The van der Waals surface area contributed by atoms with E-state index in [1.807, 2.05) is 6.07 Å². The molecule has 0 spiro atoms. The van der Waals surface area contributed by atoms with Gasteiger partial charge in [0.1, 0.15) is 10.3 Å². The summed E-state index contributed by atoms with van der Waals surface area (Å²) in [6, 6.07) is 7.98. The molecule has 1 fully saturated rings. The number of fused-ring (bicyclic) bond motifs is 1. The molecule has 0 bridgehead atoms. The SMILES string of the molecule is O=C(Nc1ccc2cn[nH]c2c1)C1CCCCN1S(=O)(=O)c1ccc(Br)s1. The molecule has 3 aromatic rings. The van der Waals surface area contributed by atoms with Gasteiger partial charge in [-0.15, -0.1) is 11.3 Å². The van der Waals surface area contributed by atoms with Gasteiger partial charge in [-0.3, -0.25) is 9.89 Å². The zero-order valence-corrected chi connectivity index (χ0v) is 17.4. The number of H-pyrrole nitrogens is 1. The summed E-state index contributed by atoms with van der Waals surface area (Å²) in [4.78, 5) is 12.9. The normalized spacial score (nSPS) is 18.6. The van der Waals surface area contributed by atoms with Crippen molar-refractivity contribution in [2.24, 2.45) is 0 Å². The van der Waals surface area contributed by atoms with Crippen molar-refractivity contribution in [1.82, 2.24) is 14.5 Å². The minimum Gasteiger partial charge on any atom is -0.325 e. The largest absolute Gasteiger partial charge is 0.325 e. The van der Waals surface area contributed by atoms with Crippen LogP contribution < -0.4 is 5.32 Å². The summed E-state index contributed by atoms with van der Waals surface area (Å²) in [5, 5.41) is 10.6. The van der Waals surface area contributed by atoms with Crippen LogP contribution in [-0.2, 0) is 14.8 Å². The van der Waals surface area contributed by atoms with Gasteiger partial charge >= 0.3 is 0 Å². The lowest BCUT2D eigenvalue weighted by atomic mass is 10.0. The Morgan fingerprint density at radius 1 is 1.30 bits per heavy atom. The maximum absolute atomic E-state index is 13.0. The van der Waals surface area contributed by atoms with E-state index in [2.05, 4.69) is 31.4 Å². The Morgan fingerprint density at radius 3 is 2.93 bits per heavy atom. The van der Waals surface area contributed by atoms with Crippen LogP contribution in [0.4, 0.5) is 5.69 Å². The van der Waals surface area contributed by atoms with Crippen molar-refractivity contribution in [1.29, 1.82) is 0 Å². The fourth-order valence-corrected chi connectivity index (χ4v) is 7.04. The molecular formula is C17H17BrN4O3S2. The molecule has 1 amide bonds. The van der Waals surface area contributed by atoms with E-state index >= 15 is 0 Å². The number of anilines is 1. The number of halogens is 1. The number of benzene rings is 1. The lowest BCUT2D eigenvalue weighted by Crippen LogP contribution is -2.49. The average Bonchev–Trinajstić information content (AvgIpc) is 3.30. The number of rotatable bonds is 4. The van der Waals surface area contributed by atoms with Gasteiger partial charge in [-0.05, 0) is 59.1 Å². The van der Waals surface area contributed by atoms with Gasteiger partial charge in [0.2, 0.25) is 5.91 Å². The number of nitrogens with one attached hydrogen (secondary N) is 2. The molecule has 7 nitrogen and oxygen atoms in total. The minimum absolute atomic E-state index is 0.243. The highest BCUT2D eigenvalue weighted by Gasteiger charge is 2.38. The van der Waals surface area contributed by atoms with Gasteiger partial charge in [0, 0.05) is 17.6 Å². The van der Waals surface area contributed by atoms with Crippen molar-refractivity contribution < 1.29 is 13.2 Å². The van der Waals surface area contributed by atoms with Crippen molar-refractivity contribution in [3.8, 4) is 0 Å². The van der Waals surface area contributed by atoms with E-state index in [4.69, 9.17) is 0 Å². The number of piperidine rings is 1. The van der Waals surface area contributed by atoms with E-state index in [9.17, 15) is 13.2 Å². The molecule has 2 N–H and O–H groups in total. The number of carbonyl (C=O) groups excluding carboxylic acids is 1. The van der Waals surface area contributed by atoms with Crippen LogP contribution in [0.25, 0.3) is 10.9 Å². The van der Waals surface area contributed by atoms with E-state index in [-0.39, 0.29) is 10.1 Å². The molecule has 1 saturated heterocycles. The fourth-order valence-electron chi connectivity index (χ4n) is 3.25.